The van der Waals surface area contributed by atoms with Gasteiger partial charge in [-0.2, -0.15) is 0 Å². The van der Waals surface area contributed by atoms with Gasteiger partial charge in [0.15, 0.2) is 52.0 Å². The average molecular weight is 1920 g/mol. The van der Waals surface area contributed by atoms with Gasteiger partial charge in [-0.3, -0.25) is 30.2 Å². The molecule has 0 atom stereocenters. The van der Waals surface area contributed by atoms with Crippen molar-refractivity contribution in [2.75, 3.05) is 20.0 Å². The number of nitrogen functional groups attached to an aromatic ring is 1. The summed E-state index contributed by atoms with van der Waals surface area (Å²) in [5.74, 6) is -0.283. The molecule has 624 valence electrons. The molecule has 15 rings (SSSR count). The van der Waals surface area contributed by atoms with Gasteiger partial charge in [0.05, 0.1) is 66.2 Å². The second-order valence-electron chi connectivity index (χ2n) is 27.1. The number of methoxy groups -OCH3 is 2. The van der Waals surface area contributed by atoms with Gasteiger partial charge >= 0.3 is 23.6 Å². The van der Waals surface area contributed by atoms with Gasteiger partial charge in [-0.05, 0) is 225 Å². The number of hydrogen-bond acceptors (Lipinski definition) is 22. The van der Waals surface area contributed by atoms with Crippen LogP contribution in [0.5, 0.6) is 11.5 Å². The van der Waals surface area contributed by atoms with Gasteiger partial charge in [0.2, 0.25) is 0 Å². The molecule has 0 fully saturated rings. The number of phenols is 2. The van der Waals surface area contributed by atoms with Gasteiger partial charge in [-0.1, -0.05) is 112 Å². The first-order chi connectivity index (χ1) is 58.6. The molecule has 0 aliphatic rings. The van der Waals surface area contributed by atoms with Crippen molar-refractivity contribution < 1.29 is 76.7 Å². The Balaban J connectivity index is 0.000000166. The standard InChI is InChI=1S/C18H14N2O3.C17H14BrNO3.C17H13N3O3.C17H12N2O3.C7H6BrNO3.C7H6BrNO2.C7H8BrNO/c1-11-7-15-16(10-14(11)19-2)23-17(20-15)9-12-5-4-6-13(8-12)18(21)22-3;1-10-6-14-15(9-13(10)18)22-16(19-14)8-11-4-3-5-12(7-11)17(20)21-2;1-10-6-14-15(9-13(10)18-2)23-16(19-14)8-11-4-3-5-12(7-11)17(21)20-22;1-10-6-14-15(9-13(10)18-2)22-16(19-14)8-11-4-3-5-12(7-11)17(20)21;1-4-2-6(9(11)12)7(10)3-5(4)8;1-5-4-6(9(10)11)2-3-7(5)8;1-4-2-6(9)7(10)3-5(4)8/h4-8,10H,9H2,1,3H3;3-7,9H,8H2,1-2H3;3-7,9,22H,8H2,1H3,(H,20,21);3-7,9H,8H2,1H3,(H,20,21);2-3,10H,1H3;2-4H,1H3;2-3,10H,9H2,1H3. The topological polar surface area (TPSA) is 409 Å². The summed E-state index contributed by atoms with van der Waals surface area (Å²) in [5, 5.41) is 56.4. The lowest BCUT2D eigenvalue weighted by molar-refractivity contribution is -0.385. The van der Waals surface area contributed by atoms with Gasteiger partial charge in [-0.15, -0.1) is 0 Å². The fourth-order valence-corrected chi connectivity index (χ4v) is 12.8. The molecule has 0 bridgehead atoms. The Morgan fingerprint density at radius 2 is 0.764 bits per heavy atom. The Labute approximate surface area is 736 Å². The number of nitro groups is 2. The number of esters is 2. The number of benzene rings is 11. The van der Waals surface area contributed by atoms with Crippen molar-refractivity contribution in [3.63, 3.8) is 0 Å². The van der Waals surface area contributed by atoms with E-state index in [0.717, 1.165) is 91.2 Å². The third-order valence-electron chi connectivity index (χ3n) is 18.0. The van der Waals surface area contributed by atoms with Crippen LogP contribution >= 0.6 is 63.7 Å². The van der Waals surface area contributed by atoms with E-state index < -0.39 is 21.7 Å². The minimum atomic E-state index is -0.961. The van der Waals surface area contributed by atoms with Crippen molar-refractivity contribution in [3.8, 4) is 11.5 Å². The quantitative estimate of drug-likeness (QED) is 0.0112. The normalized spacial score (nSPS) is 10.4. The molecular weight excluding hydrogens is 1840 g/mol. The number of rotatable bonds is 14. The molecule has 29 nitrogen and oxygen atoms in total. The highest BCUT2D eigenvalue weighted by molar-refractivity contribution is 9.11. The number of aromatic carboxylic acids is 1. The maximum absolute atomic E-state index is 11.6. The predicted octanol–water partition coefficient (Wildman–Crippen LogP) is 22.8. The maximum Gasteiger partial charge on any atom is 0.337 e. The fraction of sp³-hybridized carbons (Fsp3) is 0.144. The number of anilines is 1. The van der Waals surface area contributed by atoms with Gasteiger partial charge in [-0.25, -0.2) is 54.3 Å². The number of nitrogens with two attached hydrogens (primary N) is 1. The summed E-state index contributed by atoms with van der Waals surface area (Å²) in [6.07, 6.45) is 1.80. The number of hydrogen-bond donors (Lipinski definition) is 6. The zero-order valence-electron chi connectivity index (χ0n) is 66.8. The van der Waals surface area contributed by atoms with E-state index in [2.05, 4.69) is 98.2 Å². The molecule has 4 heterocycles. The van der Waals surface area contributed by atoms with Crippen LogP contribution in [0, 0.1) is 88.4 Å². The highest BCUT2D eigenvalue weighted by Gasteiger charge is 2.19. The number of nitro benzene ring substituents is 2. The number of carbonyl (C=O) groups excluding carboxylic acids is 3. The van der Waals surface area contributed by atoms with Crippen molar-refractivity contribution in [3.05, 3.63) is 367 Å². The molecule has 4 aromatic heterocycles. The van der Waals surface area contributed by atoms with Crippen LogP contribution in [0.15, 0.2) is 224 Å². The van der Waals surface area contributed by atoms with Gasteiger partial charge in [0.1, 0.15) is 44.6 Å². The van der Waals surface area contributed by atoms with Crippen molar-refractivity contribution in [1.82, 2.24) is 25.4 Å². The lowest BCUT2D eigenvalue weighted by Crippen LogP contribution is -2.18. The molecule has 0 saturated heterocycles. The summed E-state index contributed by atoms with van der Waals surface area (Å²) in [6, 6.07) is 53.0. The zero-order valence-corrected chi connectivity index (χ0v) is 73.2. The first kappa shape index (κ1) is 92.6. The fourth-order valence-electron chi connectivity index (χ4n) is 11.6. The zero-order chi connectivity index (χ0) is 89.6. The molecule has 7 N–H and O–H groups in total. The van der Waals surface area contributed by atoms with E-state index in [1.54, 1.807) is 116 Å². The van der Waals surface area contributed by atoms with Gasteiger partial charge < -0.3 is 48.2 Å². The Morgan fingerprint density at radius 1 is 0.431 bits per heavy atom. The van der Waals surface area contributed by atoms with Crippen molar-refractivity contribution in [2.45, 2.75) is 74.1 Å². The largest absolute Gasteiger partial charge is 0.506 e. The Kier molecular flexibility index (Phi) is 32.1. The molecular formula is C90H73Br4N11O18. The van der Waals surface area contributed by atoms with Crippen LogP contribution in [0.4, 0.5) is 34.1 Å². The number of halogens is 4. The van der Waals surface area contributed by atoms with Crippen molar-refractivity contribution in [1.29, 1.82) is 0 Å². The Morgan fingerprint density at radius 3 is 1.12 bits per heavy atom. The molecule has 33 heteroatoms. The van der Waals surface area contributed by atoms with E-state index in [9.17, 15) is 39.4 Å². The number of carbonyl (C=O) groups is 4. The number of carboxylic acid groups (broad SMARTS) is 1. The average Bonchev–Trinajstić information content (AvgIpc) is 1.68. The maximum atomic E-state index is 11.6. The SMILES string of the molecule is COC(=O)c1cccc(Cc2nc3cc(C)c(Br)cc3o2)c1.Cc1cc(N)c(O)cc1Br.Cc1cc([N+](=O)[O-])c(O)cc1Br.Cc1cc([N+](=O)[O-])ccc1Br.[C-]#[N+]c1cc2oc(Cc3cccc(C(=O)NO)c3)nc2cc1C.[C-]#[N+]c1cc2oc(Cc3cccc(C(=O)O)c3)nc2cc1C.[C-]#[N+]c1cc2oc(Cc3cccc(C(=O)OC)c3)nc2cc1C. The Bertz CT molecular complexity index is 6430. The third kappa shape index (κ3) is 25.2. The molecule has 0 saturated carbocycles. The third-order valence-corrected chi connectivity index (χ3v) is 21.5. The predicted molar refractivity (Wildman–Crippen MR) is 475 cm³/mol. The first-order valence-corrected chi connectivity index (χ1v) is 39.6. The summed E-state index contributed by atoms with van der Waals surface area (Å²) < 4.78 is 35.7. The number of aryl methyl sites for hydroxylation is 7. The molecule has 1 amide bonds. The molecule has 0 aliphatic heterocycles. The lowest BCUT2D eigenvalue weighted by atomic mass is 10.1. The highest BCUT2D eigenvalue weighted by Crippen LogP contribution is 2.35. The number of carboxylic acids is 1. The number of fused-ring (bicyclic) bond motifs is 4. The molecule has 0 aliphatic carbocycles. The smallest absolute Gasteiger partial charge is 0.337 e. The van der Waals surface area contributed by atoms with Crippen LogP contribution in [-0.2, 0) is 35.2 Å². The molecule has 0 spiro atoms. The molecule has 15 aromatic rings. The van der Waals surface area contributed by atoms with E-state index in [4.69, 9.17) is 73.1 Å². The number of amides is 1. The summed E-state index contributed by atoms with van der Waals surface area (Å²) in [6.45, 7) is 34.5. The molecule has 11 aromatic carbocycles. The molecule has 123 heavy (non-hydrogen) atoms. The van der Waals surface area contributed by atoms with Crippen LogP contribution in [0.2, 0.25) is 0 Å². The van der Waals surface area contributed by atoms with Crippen LogP contribution in [-0.4, -0.2) is 88.3 Å². The van der Waals surface area contributed by atoms with Crippen LogP contribution in [0.25, 0.3) is 58.9 Å². The number of aromatic hydroxyl groups is 2. The van der Waals surface area contributed by atoms with E-state index in [0.29, 0.717) is 121 Å². The number of phenolic OH excluding ortho intramolecular Hbond substituents is 2. The highest BCUT2D eigenvalue weighted by atomic mass is 79.9. The number of nitrogens with zero attached hydrogens (tertiary/aromatic N) is 9. The van der Waals surface area contributed by atoms with Crippen LogP contribution in [0.1, 0.15) is 126 Å². The van der Waals surface area contributed by atoms with Crippen LogP contribution < -0.4 is 11.2 Å². The summed E-state index contributed by atoms with van der Waals surface area (Å²) >= 11 is 13.2. The number of ether oxygens (including phenoxy) is 2. The van der Waals surface area contributed by atoms with Crippen molar-refractivity contribution >= 4 is 166 Å². The number of aromatic nitrogens is 4. The van der Waals surface area contributed by atoms with Gasteiger partial charge in [0.25, 0.3) is 11.6 Å². The number of oxazole rings is 4. The monoisotopic (exact) mass is 1910 g/mol. The summed E-state index contributed by atoms with van der Waals surface area (Å²) in [5.41, 5.74) is 25.8. The van der Waals surface area contributed by atoms with E-state index >= 15 is 0 Å². The number of non-ortho nitro benzene ring substituents is 1. The van der Waals surface area contributed by atoms with E-state index in [-0.39, 0.29) is 40.4 Å². The molecule has 0 radical (unpaired) electrons. The van der Waals surface area contributed by atoms with Crippen molar-refractivity contribution in [2.24, 2.45) is 0 Å². The number of hydroxylamine groups is 1. The van der Waals surface area contributed by atoms with Gasteiger partial charge in [0, 0.05) is 73.4 Å². The summed E-state index contributed by atoms with van der Waals surface area (Å²) in [7, 11) is 2.73. The minimum absolute atomic E-state index is 0.123. The van der Waals surface area contributed by atoms with E-state index in [1.165, 1.54) is 38.5 Å². The number of nitrogens with one attached hydrogen (secondary N) is 1. The van der Waals surface area contributed by atoms with E-state index in [1.807, 2.05) is 102 Å². The second kappa shape index (κ2) is 42.6. The first-order valence-electron chi connectivity index (χ1n) is 36.5. The van der Waals surface area contributed by atoms with Crippen LogP contribution in [0.3, 0.4) is 0 Å². The minimum Gasteiger partial charge on any atom is -0.506 e. The lowest BCUT2D eigenvalue weighted by Gasteiger charge is -2.01. The summed E-state index contributed by atoms with van der Waals surface area (Å²) in [4.78, 5) is 93.3. The Hall–Kier alpha value is -14.3. The second-order valence-corrected chi connectivity index (χ2v) is 30.5. The molecule has 0 unspecified atom stereocenters.